The Morgan fingerprint density at radius 1 is 0.300 bits per heavy atom. The van der Waals surface area contributed by atoms with E-state index in [1.54, 1.807) is 0 Å². The van der Waals surface area contributed by atoms with E-state index in [4.69, 9.17) is 14.2 Å². The van der Waals surface area contributed by atoms with Crippen LogP contribution in [0.25, 0.3) is 0 Å². The number of rotatable bonds is 49. The number of ether oxygens (including phenoxy) is 3. The molecule has 0 rings (SSSR count). The van der Waals surface area contributed by atoms with Crippen molar-refractivity contribution in [3.8, 4) is 0 Å². The van der Waals surface area contributed by atoms with Crippen LogP contribution in [0.4, 0.5) is 0 Å². The Labute approximate surface area is 430 Å². The SMILES string of the molecule is CC/C=C\C/C=C\C/C=C\C/C=C\C/C=C\C/C=C\CCCCCCCCC(=O)OCC(COC(=O)CCCCCCC/C=C\CCCCC)OC(=O)CCCC/C=C\C/C=C\C/C=C\C/C=C\CC. The van der Waals surface area contributed by atoms with Crippen LogP contribution in [0, 0.1) is 0 Å². The van der Waals surface area contributed by atoms with Crippen LogP contribution in [0.1, 0.15) is 233 Å². The molecule has 394 valence electrons. The van der Waals surface area contributed by atoms with E-state index in [1.807, 2.05) is 0 Å². The minimum atomic E-state index is -0.814. The van der Waals surface area contributed by atoms with Crippen molar-refractivity contribution < 1.29 is 28.6 Å². The van der Waals surface area contributed by atoms with Crippen molar-refractivity contribution in [1.82, 2.24) is 0 Å². The summed E-state index contributed by atoms with van der Waals surface area (Å²) in [5.41, 5.74) is 0. The minimum absolute atomic E-state index is 0.108. The highest BCUT2D eigenvalue weighted by atomic mass is 16.6. The molecule has 1 unspecified atom stereocenters. The third-order valence-electron chi connectivity index (χ3n) is 11.4. The Morgan fingerprint density at radius 2 is 0.557 bits per heavy atom. The molecule has 6 nitrogen and oxygen atoms in total. The predicted octanol–water partition coefficient (Wildman–Crippen LogP) is 19.0. The van der Waals surface area contributed by atoms with Gasteiger partial charge in [-0.05, 0) is 135 Å². The van der Waals surface area contributed by atoms with E-state index in [0.717, 1.165) is 141 Å². The fourth-order valence-electron chi connectivity index (χ4n) is 7.19. The lowest BCUT2D eigenvalue weighted by molar-refractivity contribution is -0.167. The summed E-state index contributed by atoms with van der Waals surface area (Å²) < 4.78 is 16.8. The van der Waals surface area contributed by atoms with Crippen LogP contribution in [0.5, 0.6) is 0 Å². The molecule has 0 N–H and O–H groups in total. The maximum atomic E-state index is 12.8. The summed E-state index contributed by atoms with van der Waals surface area (Å²) in [5.74, 6) is -0.980. The maximum absolute atomic E-state index is 12.8. The van der Waals surface area contributed by atoms with Gasteiger partial charge in [-0.3, -0.25) is 14.4 Å². The molecule has 0 aliphatic heterocycles. The first-order valence-corrected chi connectivity index (χ1v) is 28.2. The molecular weight excluding hydrogens is 865 g/mol. The number of carbonyl (C=O) groups excluding carboxylic acids is 3. The molecule has 0 heterocycles. The molecule has 0 fully saturated rings. The second-order valence-electron chi connectivity index (χ2n) is 18.1. The van der Waals surface area contributed by atoms with E-state index in [-0.39, 0.29) is 37.5 Å². The quantitative estimate of drug-likeness (QED) is 0.0262. The number of hydrogen-bond donors (Lipinski definition) is 0. The lowest BCUT2D eigenvalue weighted by Gasteiger charge is -2.18. The summed E-state index contributed by atoms with van der Waals surface area (Å²) in [4.78, 5) is 38.1. The van der Waals surface area contributed by atoms with Crippen LogP contribution in [0.3, 0.4) is 0 Å². The summed E-state index contributed by atoms with van der Waals surface area (Å²) in [6.07, 6.45) is 80.1. The smallest absolute Gasteiger partial charge is 0.306 e. The highest BCUT2D eigenvalue weighted by molar-refractivity contribution is 5.71. The van der Waals surface area contributed by atoms with Gasteiger partial charge in [-0.15, -0.1) is 0 Å². The third kappa shape index (κ3) is 54.5. The van der Waals surface area contributed by atoms with Crippen LogP contribution in [0.2, 0.25) is 0 Å². The monoisotopic (exact) mass is 967 g/mol. The maximum Gasteiger partial charge on any atom is 0.306 e. The Morgan fingerprint density at radius 3 is 0.914 bits per heavy atom. The zero-order valence-electron chi connectivity index (χ0n) is 45.0. The number of carbonyl (C=O) groups is 3. The number of esters is 3. The number of unbranched alkanes of at least 4 members (excludes halogenated alkanes) is 16. The Bertz CT molecular complexity index is 1530. The van der Waals surface area contributed by atoms with Gasteiger partial charge in [0.15, 0.2) is 6.10 Å². The Hall–Kier alpha value is -4.45. The van der Waals surface area contributed by atoms with Gasteiger partial charge in [0.1, 0.15) is 13.2 Å². The molecule has 0 aliphatic rings. The molecule has 0 amide bonds. The third-order valence-corrected chi connectivity index (χ3v) is 11.4. The summed E-state index contributed by atoms with van der Waals surface area (Å²) in [7, 11) is 0. The van der Waals surface area contributed by atoms with Gasteiger partial charge in [-0.2, -0.15) is 0 Å². The zero-order valence-corrected chi connectivity index (χ0v) is 45.0. The van der Waals surface area contributed by atoms with Gasteiger partial charge >= 0.3 is 17.9 Å². The first-order chi connectivity index (χ1) is 34.5. The van der Waals surface area contributed by atoms with Gasteiger partial charge < -0.3 is 14.2 Å². The normalized spacial score (nSPS) is 13.1. The van der Waals surface area contributed by atoms with Gasteiger partial charge in [0.2, 0.25) is 0 Å². The van der Waals surface area contributed by atoms with Crippen LogP contribution >= 0.6 is 0 Å². The lowest BCUT2D eigenvalue weighted by Crippen LogP contribution is -2.30. The average molecular weight is 968 g/mol. The van der Waals surface area contributed by atoms with E-state index in [9.17, 15) is 14.4 Å². The molecule has 0 saturated heterocycles. The van der Waals surface area contributed by atoms with E-state index >= 15 is 0 Å². The van der Waals surface area contributed by atoms with Crippen molar-refractivity contribution in [1.29, 1.82) is 0 Å². The molecule has 0 aromatic carbocycles. The van der Waals surface area contributed by atoms with E-state index in [0.29, 0.717) is 19.3 Å². The second-order valence-corrected chi connectivity index (χ2v) is 18.1. The number of hydrogen-bond acceptors (Lipinski definition) is 6. The van der Waals surface area contributed by atoms with Gasteiger partial charge in [0.05, 0.1) is 0 Å². The van der Waals surface area contributed by atoms with Crippen molar-refractivity contribution in [2.45, 2.75) is 239 Å². The predicted molar refractivity (Wildman–Crippen MR) is 302 cm³/mol. The summed E-state index contributed by atoms with van der Waals surface area (Å²) in [5, 5.41) is 0. The topological polar surface area (TPSA) is 78.9 Å². The fourth-order valence-corrected chi connectivity index (χ4v) is 7.19. The van der Waals surface area contributed by atoms with Gasteiger partial charge in [0, 0.05) is 19.3 Å². The fraction of sp³-hybridized carbons (Fsp3) is 0.609. The Balaban J connectivity index is 4.43. The lowest BCUT2D eigenvalue weighted by atomic mass is 10.1. The molecule has 1 atom stereocenters. The summed E-state index contributed by atoms with van der Waals surface area (Å²) >= 11 is 0. The van der Waals surface area contributed by atoms with Crippen molar-refractivity contribution in [2.24, 2.45) is 0 Å². The molecule has 70 heavy (non-hydrogen) atoms. The number of allylic oxidation sites excluding steroid dienone is 22. The first-order valence-electron chi connectivity index (χ1n) is 28.2. The van der Waals surface area contributed by atoms with Crippen molar-refractivity contribution in [3.05, 3.63) is 134 Å². The summed E-state index contributed by atoms with van der Waals surface area (Å²) in [6.45, 7) is 6.32. The van der Waals surface area contributed by atoms with Crippen LogP contribution in [-0.4, -0.2) is 37.2 Å². The van der Waals surface area contributed by atoms with Crippen LogP contribution in [-0.2, 0) is 28.6 Å². The van der Waals surface area contributed by atoms with Crippen LogP contribution in [0.15, 0.2) is 134 Å². The highest BCUT2D eigenvalue weighted by Crippen LogP contribution is 2.13. The van der Waals surface area contributed by atoms with Gasteiger partial charge in [-0.1, -0.05) is 212 Å². The zero-order chi connectivity index (χ0) is 50.7. The molecule has 0 aliphatic carbocycles. The Kier molecular flexibility index (Phi) is 53.5. The molecular formula is C64H102O6. The van der Waals surface area contributed by atoms with Gasteiger partial charge in [0.25, 0.3) is 0 Å². The van der Waals surface area contributed by atoms with Crippen molar-refractivity contribution >= 4 is 17.9 Å². The largest absolute Gasteiger partial charge is 0.462 e. The minimum Gasteiger partial charge on any atom is -0.462 e. The highest BCUT2D eigenvalue weighted by Gasteiger charge is 2.19. The molecule has 0 aromatic rings. The molecule has 0 aromatic heterocycles. The average Bonchev–Trinajstić information content (AvgIpc) is 3.36. The molecule has 0 spiro atoms. The standard InChI is InChI=1S/C64H102O6/c1-4-7-10-13-16-19-22-25-27-28-29-30-31-32-33-34-35-36-38-39-42-45-48-51-54-57-63(66)69-60-61(59-68-62(65)56-53-50-47-44-41-24-21-18-15-12-9-6-3)70-64(67)58-55-52-49-46-43-40-37-26-23-20-17-14-11-8-5-2/h7-8,10-11,16-21,25-27,29-30,32-33,35-37,43,46,61H,4-6,9,12-15,22-24,28,31,34,38-42,44-45,47-60H2,1-3H3/b10-7-,11-8-,19-16-,20-17-,21-18-,27-25-,30-29-,33-32-,36-35-,37-26-,46-43-. The van der Waals surface area contributed by atoms with E-state index in [2.05, 4.69) is 154 Å². The van der Waals surface area contributed by atoms with Crippen molar-refractivity contribution in [3.63, 3.8) is 0 Å². The summed E-state index contributed by atoms with van der Waals surface area (Å²) in [6, 6.07) is 0. The first kappa shape index (κ1) is 65.5. The molecule has 0 bridgehead atoms. The van der Waals surface area contributed by atoms with Gasteiger partial charge in [-0.25, -0.2) is 0 Å². The molecule has 6 heteroatoms. The van der Waals surface area contributed by atoms with E-state index < -0.39 is 6.10 Å². The van der Waals surface area contributed by atoms with Crippen molar-refractivity contribution in [2.75, 3.05) is 13.2 Å². The van der Waals surface area contributed by atoms with E-state index in [1.165, 1.54) is 44.9 Å². The molecule has 0 saturated carbocycles. The molecule has 0 radical (unpaired) electrons. The second kappa shape index (κ2) is 57.1. The van der Waals surface area contributed by atoms with Crippen LogP contribution < -0.4 is 0 Å².